The van der Waals surface area contributed by atoms with Crippen LogP contribution in [-0.4, -0.2) is 16.9 Å². The molecule has 1 aromatic carbocycles. The predicted molar refractivity (Wildman–Crippen MR) is 88.8 cm³/mol. The number of fused-ring (bicyclic) bond motifs is 1. The van der Waals surface area contributed by atoms with Crippen LogP contribution in [0.5, 0.6) is 0 Å². The van der Waals surface area contributed by atoms with Crippen LogP contribution in [0.15, 0.2) is 22.6 Å². The Morgan fingerprint density at radius 1 is 1.23 bits per heavy atom. The van der Waals surface area contributed by atoms with E-state index in [1.165, 1.54) is 0 Å². The molecule has 0 bridgehead atoms. The lowest BCUT2D eigenvalue weighted by molar-refractivity contribution is -0.119. The number of anilines is 1. The van der Waals surface area contributed by atoms with Crippen molar-refractivity contribution >= 4 is 22.7 Å². The van der Waals surface area contributed by atoms with Crippen LogP contribution in [0.25, 0.3) is 11.1 Å². The van der Waals surface area contributed by atoms with Crippen molar-refractivity contribution in [2.75, 3.05) is 5.32 Å². The second kappa shape index (κ2) is 5.39. The van der Waals surface area contributed by atoms with Crippen molar-refractivity contribution in [3.63, 3.8) is 0 Å². The summed E-state index contributed by atoms with van der Waals surface area (Å²) in [5, 5.41) is 2.84. The lowest BCUT2D eigenvalue weighted by Crippen LogP contribution is -2.45. The number of aromatic nitrogens is 1. The number of benzene rings is 1. The van der Waals surface area contributed by atoms with E-state index < -0.39 is 6.04 Å². The Hall–Kier alpha value is -1.88. The number of amides is 1. The minimum absolute atomic E-state index is 0.156. The molecule has 0 aliphatic carbocycles. The van der Waals surface area contributed by atoms with E-state index in [-0.39, 0.29) is 16.7 Å². The fourth-order valence-corrected chi connectivity index (χ4v) is 1.94. The second-order valence-corrected chi connectivity index (χ2v) is 7.78. The van der Waals surface area contributed by atoms with Crippen LogP contribution in [0.1, 0.15) is 47.4 Å². The van der Waals surface area contributed by atoms with Gasteiger partial charge in [0.2, 0.25) is 11.8 Å². The van der Waals surface area contributed by atoms with E-state index in [4.69, 9.17) is 10.2 Å². The highest BCUT2D eigenvalue weighted by Crippen LogP contribution is 2.27. The molecule has 0 spiro atoms. The lowest BCUT2D eigenvalue weighted by atomic mass is 9.87. The number of rotatable bonds is 2. The molecule has 0 saturated carbocycles. The summed E-state index contributed by atoms with van der Waals surface area (Å²) in [5.41, 5.74) is 7.64. The van der Waals surface area contributed by atoms with Crippen LogP contribution in [-0.2, 0) is 10.2 Å². The van der Waals surface area contributed by atoms with Gasteiger partial charge in [-0.3, -0.25) is 4.79 Å². The molecule has 2 aromatic rings. The van der Waals surface area contributed by atoms with Gasteiger partial charge in [-0.25, -0.2) is 4.98 Å². The summed E-state index contributed by atoms with van der Waals surface area (Å²) in [6.07, 6.45) is 0. The third-order valence-electron chi connectivity index (χ3n) is 3.51. The van der Waals surface area contributed by atoms with E-state index in [0.717, 1.165) is 5.52 Å². The molecule has 1 amide bonds. The van der Waals surface area contributed by atoms with Gasteiger partial charge in [-0.05, 0) is 23.6 Å². The largest absolute Gasteiger partial charge is 0.440 e. The Morgan fingerprint density at radius 2 is 1.86 bits per heavy atom. The van der Waals surface area contributed by atoms with Gasteiger partial charge in [0.15, 0.2) is 5.58 Å². The van der Waals surface area contributed by atoms with Crippen molar-refractivity contribution in [3.8, 4) is 0 Å². The highest BCUT2D eigenvalue weighted by atomic mass is 16.3. The summed E-state index contributed by atoms with van der Waals surface area (Å²) in [7, 11) is 0. The van der Waals surface area contributed by atoms with Crippen LogP contribution in [0.3, 0.4) is 0 Å². The topological polar surface area (TPSA) is 81.2 Å². The molecule has 22 heavy (non-hydrogen) atoms. The fourth-order valence-electron chi connectivity index (χ4n) is 1.94. The third kappa shape index (κ3) is 3.47. The van der Waals surface area contributed by atoms with Crippen molar-refractivity contribution < 1.29 is 9.21 Å². The highest BCUT2D eigenvalue weighted by Gasteiger charge is 2.27. The van der Waals surface area contributed by atoms with Gasteiger partial charge in [0.25, 0.3) is 0 Å². The summed E-state index contributed by atoms with van der Waals surface area (Å²) in [6, 6.07) is 4.84. The normalized spacial score (nSPS) is 14.1. The molecule has 5 nitrogen and oxygen atoms in total. The minimum atomic E-state index is -0.578. The van der Waals surface area contributed by atoms with Crippen molar-refractivity contribution in [1.29, 1.82) is 0 Å². The van der Waals surface area contributed by atoms with Gasteiger partial charge in [-0.2, -0.15) is 0 Å². The zero-order chi connectivity index (χ0) is 16.7. The molecule has 1 aromatic heterocycles. The minimum Gasteiger partial charge on any atom is -0.440 e. The molecular formula is C17H25N3O2. The molecule has 5 heteroatoms. The lowest BCUT2D eigenvalue weighted by Gasteiger charge is -2.25. The Kier molecular flexibility index (Phi) is 4.04. The van der Waals surface area contributed by atoms with E-state index in [1.54, 1.807) is 12.1 Å². The first kappa shape index (κ1) is 16.5. The zero-order valence-corrected chi connectivity index (χ0v) is 14.2. The summed E-state index contributed by atoms with van der Waals surface area (Å²) >= 11 is 0. The molecule has 0 aliphatic heterocycles. The van der Waals surface area contributed by atoms with Crippen LogP contribution >= 0.6 is 0 Å². The number of nitrogens with zero attached hydrogens (tertiary/aromatic N) is 1. The van der Waals surface area contributed by atoms with Gasteiger partial charge in [0.1, 0.15) is 5.52 Å². The summed E-state index contributed by atoms with van der Waals surface area (Å²) < 4.78 is 5.75. The number of carbonyl (C=O) groups excluding carboxylic acids is 1. The summed E-state index contributed by atoms with van der Waals surface area (Å²) in [4.78, 5) is 16.7. The van der Waals surface area contributed by atoms with Crippen molar-refractivity contribution in [2.45, 2.75) is 53.0 Å². The Labute approximate surface area is 131 Å². The van der Waals surface area contributed by atoms with Gasteiger partial charge < -0.3 is 15.5 Å². The van der Waals surface area contributed by atoms with E-state index in [0.29, 0.717) is 17.2 Å². The quantitative estimate of drug-likeness (QED) is 0.890. The molecule has 120 valence electrons. The molecule has 0 unspecified atom stereocenters. The molecule has 1 atom stereocenters. The Balaban J connectivity index is 2.25. The maximum Gasteiger partial charge on any atom is 0.241 e. The number of nitrogens with two attached hydrogens (primary N) is 1. The average molecular weight is 303 g/mol. The SMILES string of the molecule is CC(C)(C)c1nc2cc(NC(=O)[C@@H](N)C(C)(C)C)ccc2o1. The van der Waals surface area contributed by atoms with Crippen molar-refractivity contribution in [3.05, 3.63) is 24.1 Å². The van der Waals surface area contributed by atoms with Gasteiger partial charge >= 0.3 is 0 Å². The molecule has 0 aliphatic rings. The number of hydrogen-bond acceptors (Lipinski definition) is 4. The second-order valence-electron chi connectivity index (χ2n) is 7.78. The van der Waals surface area contributed by atoms with Crippen molar-refractivity contribution in [2.24, 2.45) is 11.1 Å². The number of hydrogen-bond donors (Lipinski definition) is 2. The fraction of sp³-hybridized carbons (Fsp3) is 0.529. The first-order valence-electron chi connectivity index (χ1n) is 7.46. The van der Waals surface area contributed by atoms with Crippen LogP contribution in [0.4, 0.5) is 5.69 Å². The Morgan fingerprint density at radius 3 is 2.41 bits per heavy atom. The highest BCUT2D eigenvalue weighted by molar-refractivity contribution is 5.96. The monoisotopic (exact) mass is 303 g/mol. The van der Waals surface area contributed by atoms with Crippen LogP contribution in [0.2, 0.25) is 0 Å². The summed E-state index contributed by atoms with van der Waals surface area (Å²) in [5.74, 6) is 0.476. The maximum atomic E-state index is 12.2. The standard InChI is InChI=1S/C17H25N3O2/c1-16(2,3)13(18)14(21)19-10-7-8-12-11(9-10)20-15(22-12)17(4,5)6/h7-9,13H,18H2,1-6H3,(H,19,21)/t13-/m1/s1. The van der Waals surface area contributed by atoms with Gasteiger partial charge in [0.05, 0.1) is 6.04 Å². The van der Waals surface area contributed by atoms with E-state index in [1.807, 2.05) is 47.6 Å². The molecule has 3 N–H and O–H groups in total. The number of carbonyl (C=O) groups is 1. The summed E-state index contributed by atoms with van der Waals surface area (Å²) in [6.45, 7) is 11.9. The number of oxazole rings is 1. The van der Waals surface area contributed by atoms with E-state index >= 15 is 0 Å². The molecular weight excluding hydrogens is 278 g/mol. The van der Waals surface area contributed by atoms with Gasteiger partial charge in [-0.15, -0.1) is 0 Å². The molecule has 0 radical (unpaired) electrons. The third-order valence-corrected chi connectivity index (χ3v) is 3.51. The van der Waals surface area contributed by atoms with Crippen LogP contribution in [0, 0.1) is 5.41 Å². The van der Waals surface area contributed by atoms with Crippen LogP contribution < -0.4 is 11.1 Å². The van der Waals surface area contributed by atoms with Crippen molar-refractivity contribution in [1.82, 2.24) is 4.98 Å². The first-order chi connectivity index (χ1) is 9.98. The van der Waals surface area contributed by atoms with E-state index in [2.05, 4.69) is 10.3 Å². The zero-order valence-electron chi connectivity index (χ0n) is 14.2. The molecule has 0 fully saturated rings. The Bertz CT molecular complexity index is 690. The smallest absolute Gasteiger partial charge is 0.241 e. The predicted octanol–water partition coefficient (Wildman–Crippen LogP) is 3.44. The maximum absolute atomic E-state index is 12.2. The van der Waals surface area contributed by atoms with Gasteiger partial charge in [0, 0.05) is 11.1 Å². The number of nitrogens with one attached hydrogen (secondary N) is 1. The molecule has 1 heterocycles. The average Bonchev–Trinajstić information content (AvgIpc) is 2.79. The van der Waals surface area contributed by atoms with E-state index in [9.17, 15) is 4.79 Å². The van der Waals surface area contributed by atoms with Gasteiger partial charge in [-0.1, -0.05) is 41.5 Å². The molecule has 0 saturated heterocycles. The molecule has 2 rings (SSSR count). The first-order valence-corrected chi connectivity index (χ1v) is 7.46.